The summed E-state index contributed by atoms with van der Waals surface area (Å²) in [7, 11) is -3.95. The zero-order valence-electron chi connectivity index (χ0n) is 14.3. The molecule has 0 radical (unpaired) electrons. The molecule has 8 nitrogen and oxygen atoms in total. The van der Waals surface area contributed by atoms with Gasteiger partial charge in [0.2, 0.25) is 15.9 Å². The molecular formula is C17H17N3O5S2. The molecule has 0 unspecified atom stereocenters. The second-order valence-electron chi connectivity index (χ2n) is 5.69. The van der Waals surface area contributed by atoms with Crippen molar-refractivity contribution in [1.82, 2.24) is 9.71 Å². The zero-order chi connectivity index (χ0) is 19.6. The number of anilines is 1. The first kappa shape index (κ1) is 19.2. The van der Waals surface area contributed by atoms with Crippen molar-refractivity contribution in [3.05, 3.63) is 36.4 Å². The van der Waals surface area contributed by atoms with E-state index in [-0.39, 0.29) is 29.7 Å². The molecule has 1 aromatic heterocycles. The van der Waals surface area contributed by atoms with Gasteiger partial charge in [0, 0.05) is 13.5 Å². The summed E-state index contributed by atoms with van der Waals surface area (Å²) in [5, 5.41) is 21.9. The maximum Gasteiger partial charge on any atom is 0.244 e. The minimum absolute atomic E-state index is 0.148. The molecule has 3 aromatic rings. The second kappa shape index (κ2) is 7.61. The Morgan fingerprint density at radius 3 is 2.59 bits per heavy atom. The van der Waals surface area contributed by atoms with E-state index in [1.165, 1.54) is 30.4 Å². The fraction of sp³-hybridized carbons (Fsp3) is 0.176. The molecule has 0 spiro atoms. The van der Waals surface area contributed by atoms with Crippen LogP contribution in [0.1, 0.15) is 6.92 Å². The Labute approximate surface area is 159 Å². The van der Waals surface area contributed by atoms with Crippen LogP contribution in [0.5, 0.6) is 5.75 Å². The van der Waals surface area contributed by atoms with E-state index in [9.17, 15) is 18.3 Å². The number of aromatic nitrogens is 1. The van der Waals surface area contributed by atoms with Crippen LogP contribution in [0.2, 0.25) is 0 Å². The van der Waals surface area contributed by atoms with E-state index >= 15 is 0 Å². The molecule has 0 atom stereocenters. The largest absolute Gasteiger partial charge is 0.507 e. The molecule has 142 valence electrons. The van der Waals surface area contributed by atoms with E-state index in [1.54, 1.807) is 18.2 Å². The average molecular weight is 407 g/mol. The fourth-order valence-corrected chi connectivity index (χ4v) is 4.57. The molecule has 10 heteroatoms. The lowest BCUT2D eigenvalue weighted by Crippen LogP contribution is -2.26. The highest BCUT2D eigenvalue weighted by Gasteiger charge is 2.19. The topological polar surface area (TPSA) is 129 Å². The van der Waals surface area contributed by atoms with Gasteiger partial charge in [-0.15, -0.1) is 0 Å². The van der Waals surface area contributed by atoms with Crippen molar-refractivity contribution < 1.29 is 23.4 Å². The highest BCUT2D eigenvalue weighted by atomic mass is 32.2. The van der Waals surface area contributed by atoms with Crippen molar-refractivity contribution in [2.45, 2.75) is 11.8 Å². The molecule has 2 aromatic carbocycles. The van der Waals surface area contributed by atoms with Gasteiger partial charge in [0.15, 0.2) is 5.13 Å². The number of hydrogen-bond donors (Lipinski definition) is 4. The van der Waals surface area contributed by atoms with Crippen molar-refractivity contribution in [1.29, 1.82) is 0 Å². The maximum atomic E-state index is 12.3. The van der Waals surface area contributed by atoms with Crippen LogP contribution < -0.4 is 10.0 Å². The number of nitrogens with zero attached hydrogens (tertiary/aromatic N) is 1. The van der Waals surface area contributed by atoms with Gasteiger partial charge in [0.05, 0.1) is 16.8 Å². The van der Waals surface area contributed by atoms with Crippen LogP contribution in [0.4, 0.5) is 5.13 Å². The molecule has 0 aliphatic rings. The number of phenols is 1. The molecule has 3 rings (SSSR count). The first-order chi connectivity index (χ1) is 12.8. The van der Waals surface area contributed by atoms with Crippen LogP contribution in [0.3, 0.4) is 0 Å². The van der Waals surface area contributed by atoms with E-state index in [2.05, 4.69) is 15.0 Å². The summed E-state index contributed by atoms with van der Waals surface area (Å²) in [6.07, 6.45) is 0. The lowest BCUT2D eigenvalue weighted by molar-refractivity contribution is -0.114. The maximum absolute atomic E-state index is 12.3. The predicted molar refractivity (Wildman–Crippen MR) is 103 cm³/mol. The molecule has 27 heavy (non-hydrogen) atoms. The number of aliphatic hydroxyl groups is 1. The van der Waals surface area contributed by atoms with E-state index < -0.39 is 10.0 Å². The summed E-state index contributed by atoms with van der Waals surface area (Å²) in [6, 6.07) is 9.68. The van der Waals surface area contributed by atoms with E-state index in [0.29, 0.717) is 16.2 Å². The Morgan fingerprint density at radius 2 is 1.89 bits per heavy atom. The summed E-state index contributed by atoms with van der Waals surface area (Å²) in [4.78, 5) is 15.2. The Morgan fingerprint density at radius 1 is 1.19 bits per heavy atom. The number of rotatable bonds is 6. The molecule has 0 aliphatic carbocycles. The van der Waals surface area contributed by atoms with Gasteiger partial charge in [-0.3, -0.25) is 4.79 Å². The monoisotopic (exact) mass is 407 g/mol. The number of benzene rings is 2. The number of hydrogen-bond acceptors (Lipinski definition) is 7. The number of aromatic hydroxyl groups is 1. The number of aliphatic hydroxyl groups excluding tert-OH is 1. The van der Waals surface area contributed by atoms with E-state index in [0.717, 1.165) is 10.3 Å². The van der Waals surface area contributed by atoms with Crippen molar-refractivity contribution in [3.8, 4) is 16.9 Å². The van der Waals surface area contributed by atoms with Crippen LogP contribution in [0.15, 0.2) is 41.3 Å². The Hall–Kier alpha value is -2.53. The number of amides is 1. The Kier molecular flexibility index (Phi) is 5.42. The molecule has 4 N–H and O–H groups in total. The van der Waals surface area contributed by atoms with Gasteiger partial charge in [0.1, 0.15) is 10.6 Å². The Balaban J connectivity index is 2.01. The number of nitrogens with one attached hydrogen (secondary N) is 2. The minimum atomic E-state index is -3.95. The Bertz CT molecular complexity index is 1110. The predicted octanol–water partition coefficient (Wildman–Crippen LogP) is 1.90. The zero-order valence-corrected chi connectivity index (χ0v) is 15.9. The van der Waals surface area contributed by atoms with Gasteiger partial charge in [-0.1, -0.05) is 23.5 Å². The van der Waals surface area contributed by atoms with Crippen molar-refractivity contribution >= 4 is 42.6 Å². The molecule has 0 aliphatic heterocycles. The number of fused-ring (bicyclic) bond motifs is 1. The molecule has 0 fully saturated rings. The lowest BCUT2D eigenvalue weighted by atomic mass is 10.1. The van der Waals surface area contributed by atoms with Crippen LogP contribution in [-0.4, -0.2) is 42.7 Å². The third kappa shape index (κ3) is 4.25. The highest BCUT2D eigenvalue weighted by molar-refractivity contribution is 7.89. The third-order valence-electron chi connectivity index (χ3n) is 3.66. The van der Waals surface area contributed by atoms with Crippen molar-refractivity contribution in [2.75, 3.05) is 18.5 Å². The summed E-state index contributed by atoms with van der Waals surface area (Å²) < 4.78 is 27.6. The number of carbonyl (C=O) groups excluding carboxylic acids is 1. The first-order valence-electron chi connectivity index (χ1n) is 7.92. The van der Waals surface area contributed by atoms with E-state index in [1.807, 2.05) is 6.07 Å². The molecule has 0 saturated heterocycles. The SMILES string of the molecule is CC(=O)Nc1nc2ccc(-c3ccc(O)c(S(=O)(=O)NCCO)c3)cc2s1. The van der Waals surface area contributed by atoms with Gasteiger partial charge in [-0.25, -0.2) is 18.1 Å². The molecule has 0 bridgehead atoms. The normalized spacial score (nSPS) is 11.6. The van der Waals surface area contributed by atoms with Crippen molar-refractivity contribution in [2.24, 2.45) is 0 Å². The number of carbonyl (C=O) groups is 1. The second-order valence-corrected chi connectivity index (χ2v) is 8.45. The van der Waals surface area contributed by atoms with Gasteiger partial charge in [0.25, 0.3) is 0 Å². The standard InChI is InChI=1S/C17H17N3O5S2/c1-10(22)19-17-20-13-4-2-11(8-15(13)26-17)12-3-5-14(23)16(9-12)27(24,25)18-6-7-21/h2-5,8-9,18,21,23H,6-7H2,1H3,(H,19,20,22). The first-order valence-corrected chi connectivity index (χ1v) is 10.2. The molecule has 1 heterocycles. The summed E-state index contributed by atoms with van der Waals surface area (Å²) in [6.45, 7) is 0.907. The number of thiazole rings is 1. The summed E-state index contributed by atoms with van der Waals surface area (Å²) >= 11 is 1.31. The fourth-order valence-electron chi connectivity index (χ4n) is 2.47. The summed E-state index contributed by atoms with van der Waals surface area (Å²) in [5.41, 5.74) is 2.04. The minimum Gasteiger partial charge on any atom is -0.507 e. The van der Waals surface area contributed by atoms with Gasteiger partial charge in [-0.05, 0) is 35.4 Å². The van der Waals surface area contributed by atoms with Gasteiger partial charge < -0.3 is 15.5 Å². The lowest BCUT2D eigenvalue weighted by Gasteiger charge is -2.10. The van der Waals surface area contributed by atoms with Crippen molar-refractivity contribution in [3.63, 3.8) is 0 Å². The quantitative estimate of drug-likeness (QED) is 0.494. The smallest absolute Gasteiger partial charge is 0.244 e. The van der Waals surface area contributed by atoms with E-state index in [4.69, 9.17) is 5.11 Å². The van der Waals surface area contributed by atoms with Crippen LogP contribution in [0.25, 0.3) is 21.3 Å². The average Bonchev–Trinajstić information content (AvgIpc) is 3.00. The number of sulfonamides is 1. The van der Waals surface area contributed by atoms with Gasteiger partial charge in [-0.2, -0.15) is 0 Å². The highest BCUT2D eigenvalue weighted by Crippen LogP contribution is 2.33. The molecule has 0 saturated carbocycles. The number of phenolic OH excluding ortho intramolecular Hbond substituents is 1. The van der Waals surface area contributed by atoms with Gasteiger partial charge >= 0.3 is 0 Å². The molecular weight excluding hydrogens is 390 g/mol. The van der Waals surface area contributed by atoms with Crippen LogP contribution in [-0.2, 0) is 14.8 Å². The summed E-state index contributed by atoms with van der Waals surface area (Å²) in [5.74, 6) is -0.589. The van der Waals surface area contributed by atoms with Crippen LogP contribution >= 0.6 is 11.3 Å². The molecule has 1 amide bonds. The third-order valence-corrected chi connectivity index (χ3v) is 6.08. The van der Waals surface area contributed by atoms with Crippen LogP contribution in [0, 0.1) is 0 Å².